The summed E-state index contributed by atoms with van der Waals surface area (Å²) in [5.41, 5.74) is 0.445. The largest absolute Gasteiger partial charge is 0.351 e. The summed E-state index contributed by atoms with van der Waals surface area (Å²) in [6.45, 7) is 5.72. The number of carbonyl (C=O) groups excluding carboxylic acids is 2. The molecule has 6 nitrogen and oxygen atoms in total. The molecule has 0 saturated heterocycles. The van der Waals surface area contributed by atoms with E-state index in [0.29, 0.717) is 13.1 Å². The molecule has 0 bridgehead atoms. The predicted molar refractivity (Wildman–Crippen MR) is 128 cm³/mol. The average Bonchev–Trinajstić information content (AvgIpc) is 3.27. The molecule has 1 aromatic heterocycles. The SMILES string of the molecule is CCCCCCCCCCNC(=O)c1nc[nH]c1C(=O)NCCCCCCCCCC. The topological polar surface area (TPSA) is 86.9 Å². The number of nitrogens with one attached hydrogen (secondary N) is 3. The van der Waals surface area contributed by atoms with Gasteiger partial charge in [-0.2, -0.15) is 0 Å². The predicted octanol–water partition coefficient (Wildman–Crippen LogP) is 6.15. The van der Waals surface area contributed by atoms with Crippen LogP contribution in [0.25, 0.3) is 0 Å². The number of hydrogen-bond donors (Lipinski definition) is 3. The second-order valence-corrected chi connectivity index (χ2v) is 8.59. The molecular formula is C25H46N4O2. The molecule has 0 unspecified atom stereocenters. The van der Waals surface area contributed by atoms with Crippen molar-refractivity contribution in [2.45, 2.75) is 117 Å². The smallest absolute Gasteiger partial charge is 0.272 e. The molecule has 0 aromatic carbocycles. The standard InChI is InChI=1S/C25H46N4O2/c1-3-5-7-9-11-13-15-17-19-26-24(30)22-23(29-21-28-22)25(31)27-20-18-16-14-12-10-8-6-4-2/h21H,3-20H2,1-2H3,(H,26,30)(H,27,31)(H,28,29). The zero-order valence-electron chi connectivity index (χ0n) is 20.1. The Morgan fingerprint density at radius 1 is 0.677 bits per heavy atom. The van der Waals surface area contributed by atoms with E-state index in [1.165, 1.54) is 83.4 Å². The second kappa shape index (κ2) is 18.9. The summed E-state index contributed by atoms with van der Waals surface area (Å²) in [5.74, 6) is -0.529. The zero-order chi connectivity index (χ0) is 22.6. The first-order chi connectivity index (χ1) is 15.2. The van der Waals surface area contributed by atoms with Crippen LogP contribution in [0.5, 0.6) is 0 Å². The second-order valence-electron chi connectivity index (χ2n) is 8.59. The van der Waals surface area contributed by atoms with Crippen molar-refractivity contribution in [3.8, 4) is 0 Å². The van der Waals surface area contributed by atoms with Gasteiger partial charge in [-0.1, -0.05) is 104 Å². The lowest BCUT2D eigenvalue weighted by molar-refractivity contribution is 0.0913. The molecule has 0 aliphatic carbocycles. The van der Waals surface area contributed by atoms with Crippen LogP contribution in [0, 0.1) is 0 Å². The van der Waals surface area contributed by atoms with E-state index >= 15 is 0 Å². The van der Waals surface area contributed by atoms with Crippen LogP contribution in [-0.2, 0) is 0 Å². The van der Waals surface area contributed by atoms with Crippen molar-refractivity contribution in [3.63, 3.8) is 0 Å². The van der Waals surface area contributed by atoms with Crippen molar-refractivity contribution in [1.29, 1.82) is 0 Å². The molecule has 31 heavy (non-hydrogen) atoms. The third-order valence-corrected chi connectivity index (χ3v) is 5.71. The molecular weight excluding hydrogens is 388 g/mol. The lowest BCUT2D eigenvalue weighted by Crippen LogP contribution is -2.30. The summed E-state index contributed by atoms with van der Waals surface area (Å²) >= 11 is 0. The Morgan fingerprint density at radius 3 is 1.58 bits per heavy atom. The third-order valence-electron chi connectivity index (χ3n) is 5.71. The minimum atomic E-state index is -0.276. The van der Waals surface area contributed by atoms with Crippen molar-refractivity contribution in [2.75, 3.05) is 13.1 Å². The molecule has 0 aliphatic rings. The Hall–Kier alpha value is -1.85. The molecule has 0 atom stereocenters. The number of aromatic amines is 1. The van der Waals surface area contributed by atoms with Gasteiger partial charge in [0.15, 0.2) is 5.69 Å². The molecule has 0 spiro atoms. The van der Waals surface area contributed by atoms with Gasteiger partial charge >= 0.3 is 0 Å². The average molecular weight is 435 g/mol. The van der Waals surface area contributed by atoms with E-state index < -0.39 is 0 Å². The Bertz CT molecular complexity index is 537. The molecule has 0 radical (unpaired) electrons. The maximum absolute atomic E-state index is 12.4. The van der Waals surface area contributed by atoms with Gasteiger partial charge in [0, 0.05) is 13.1 Å². The van der Waals surface area contributed by atoms with E-state index in [1.807, 2.05) is 0 Å². The van der Waals surface area contributed by atoms with Gasteiger partial charge in [0.2, 0.25) is 0 Å². The quantitative estimate of drug-likeness (QED) is 0.215. The molecule has 6 heteroatoms. The number of carbonyl (C=O) groups is 2. The lowest BCUT2D eigenvalue weighted by Gasteiger charge is -2.07. The van der Waals surface area contributed by atoms with Gasteiger partial charge in [0.1, 0.15) is 5.69 Å². The van der Waals surface area contributed by atoms with E-state index in [2.05, 4.69) is 34.4 Å². The van der Waals surface area contributed by atoms with Crippen molar-refractivity contribution in [1.82, 2.24) is 20.6 Å². The van der Waals surface area contributed by atoms with E-state index in [4.69, 9.17) is 0 Å². The van der Waals surface area contributed by atoms with Crippen LogP contribution in [0.3, 0.4) is 0 Å². The Kier molecular flexibility index (Phi) is 16.6. The molecule has 0 saturated carbocycles. The fraction of sp³-hybridized carbons (Fsp3) is 0.800. The number of nitrogens with zero attached hydrogens (tertiary/aromatic N) is 1. The highest BCUT2D eigenvalue weighted by Crippen LogP contribution is 2.09. The number of amides is 2. The summed E-state index contributed by atoms with van der Waals surface area (Å²) in [7, 11) is 0. The monoisotopic (exact) mass is 434 g/mol. The number of aromatic nitrogens is 2. The maximum atomic E-state index is 12.4. The summed E-state index contributed by atoms with van der Waals surface area (Å²) < 4.78 is 0. The van der Waals surface area contributed by atoms with Gasteiger partial charge in [0.25, 0.3) is 11.8 Å². The fourth-order valence-corrected chi connectivity index (χ4v) is 3.73. The first-order valence-corrected chi connectivity index (χ1v) is 12.8. The molecule has 3 N–H and O–H groups in total. The van der Waals surface area contributed by atoms with Crippen molar-refractivity contribution in [2.24, 2.45) is 0 Å². The molecule has 1 heterocycles. The van der Waals surface area contributed by atoms with Crippen LogP contribution >= 0.6 is 0 Å². The minimum absolute atomic E-state index is 0.188. The van der Waals surface area contributed by atoms with Gasteiger partial charge in [-0.15, -0.1) is 0 Å². The van der Waals surface area contributed by atoms with E-state index in [-0.39, 0.29) is 23.2 Å². The normalized spacial score (nSPS) is 10.9. The number of unbranched alkanes of at least 4 members (excludes halogenated alkanes) is 14. The van der Waals surface area contributed by atoms with Gasteiger partial charge in [-0.25, -0.2) is 4.98 Å². The van der Waals surface area contributed by atoms with Gasteiger partial charge < -0.3 is 15.6 Å². The summed E-state index contributed by atoms with van der Waals surface area (Å²) in [5, 5.41) is 5.80. The van der Waals surface area contributed by atoms with Crippen molar-refractivity contribution < 1.29 is 9.59 Å². The first-order valence-electron chi connectivity index (χ1n) is 12.8. The number of hydrogen-bond acceptors (Lipinski definition) is 3. The van der Waals surface area contributed by atoms with Crippen LogP contribution < -0.4 is 10.6 Å². The Labute approximate surface area is 189 Å². The molecule has 0 fully saturated rings. The lowest BCUT2D eigenvalue weighted by atomic mass is 10.1. The molecule has 1 rings (SSSR count). The van der Waals surface area contributed by atoms with Crippen LogP contribution in [0.4, 0.5) is 0 Å². The van der Waals surface area contributed by atoms with Crippen LogP contribution in [0.1, 0.15) is 138 Å². The first kappa shape index (κ1) is 27.2. The Morgan fingerprint density at radius 2 is 1.10 bits per heavy atom. The maximum Gasteiger partial charge on any atom is 0.272 e. The van der Waals surface area contributed by atoms with Crippen LogP contribution in [0.2, 0.25) is 0 Å². The van der Waals surface area contributed by atoms with Crippen LogP contribution in [-0.4, -0.2) is 34.9 Å². The molecule has 2 amide bonds. The van der Waals surface area contributed by atoms with E-state index in [9.17, 15) is 9.59 Å². The highest BCUT2D eigenvalue weighted by atomic mass is 16.2. The van der Waals surface area contributed by atoms with E-state index in [0.717, 1.165) is 25.7 Å². The van der Waals surface area contributed by atoms with Crippen LogP contribution in [0.15, 0.2) is 6.33 Å². The van der Waals surface area contributed by atoms with Crippen molar-refractivity contribution >= 4 is 11.8 Å². The fourth-order valence-electron chi connectivity index (χ4n) is 3.73. The highest BCUT2D eigenvalue weighted by Gasteiger charge is 2.19. The van der Waals surface area contributed by atoms with E-state index in [1.54, 1.807) is 0 Å². The summed E-state index contributed by atoms with van der Waals surface area (Å²) in [6, 6.07) is 0. The number of rotatable bonds is 20. The van der Waals surface area contributed by atoms with Gasteiger partial charge in [0.05, 0.1) is 6.33 Å². The number of H-pyrrole nitrogens is 1. The zero-order valence-corrected chi connectivity index (χ0v) is 20.1. The highest BCUT2D eigenvalue weighted by molar-refractivity contribution is 6.04. The number of imidazole rings is 1. The minimum Gasteiger partial charge on any atom is -0.351 e. The molecule has 1 aromatic rings. The van der Waals surface area contributed by atoms with Gasteiger partial charge in [-0.05, 0) is 12.8 Å². The van der Waals surface area contributed by atoms with Crippen molar-refractivity contribution in [3.05, 3.63) is 17.7 Å². The molecule has 178 valence electrons. The Balaban J connectivity index is 2.15. The summed E-state index contributed by atoms with van der Waals surface area (Å²) in [6.07, 6.45) is 21.1. The third kappa shape index (κ3) is 13.2. The van der Waals surface area contributed by atoms with Gasteiger partial charge in [-0.3, -0.25) is 9.59 Å². The molecule has 0 aliphatic heterocycles. The summed E-state index contributed by atoms with van der Waals surface area (Å²) in [4.78, 5) is 31.7.